The Morgan fingerprint density at radius 2 is 1.80 bits per heavy atom. The van der Waals surface area contributed by atoms with Crippen LogP contribution in [0.4, 0.5) is 5.82 Å². The van der Waals surface area contributed by atoms with E-state index in [2.05, 4.69) is 36.4 Å². The lowest BCUT2D eigenvalue weighted by Gasteiger charge is -2.09. The summed E-state index contributed by atoms with van der Waals surface area (Å²) in [7, 11) is 0. The second-order valence-corrected chi connectivity index (χ2v) is 8.50. The fourth-order valence-corrected chi connectivity index (χ4v) is 4.90. The molecule has 148 valence electrons. The van der Waals surface area contributed by atoms with Crippen LogP contribution in [0.5, 0.6) is 0 Å². The topological polar surface area (TPSA) is 59.8 Å². The maximum atomic E-state index is 13.1. The van der Waals surface area contributed by atoms with Crippen molar-refractivity contribution in [3.05, 3.63) is 83.0 Å². The van der Waals surface area contributed by atoms with Crippen LogP contribution in [-0.4, -0.2) is 20.7 Å². The minimum atomic E-state index is -0.166. The van der Waals surface area contributed by atoms with Gasteiger partial charge in [-0.3, -0.25) is 4.79 Å². The summed E-state index contributed by atoms with van der Waals surface area (Å²) in [4.78, 5) is 17.9. The summed E-state index contributed by atoms with van der Waals surface area (Å²) in [6.45, 7) is 6.06. The van der Waals surface area contributed by atoms with E-state index in [0.29, 0.717) is 11.4 Å². The molecule has 0 aliphatic carbocycles. The summed E-state index contributed by atoms with van der Waals surface area (Å²) in [5, 5.41) is 10.3. The molecule has 0 unspecified atom stereocenters. The summed E-state index contributed by atoms with van der Waals surface area (Å²) in [6.07, 6.45) is 0. The van der Waals surface area contributed by atoms with E-state index in [1.807, 2.05) is 55.5 Å². The summed E-state index contributed by atoms with van der Waals surface area (Å²) >= 11 is 1.57. The number of fused-ring (bicyclic) bond motifs is 2. The fraction of sp³-hybridized carbons (Fsp3) is 0.125. The maximum Gasteiger partial charge on any atom is 0.257 e. The van der Waals surface area contributed by atoms with Crippen molar-refractivity contribution in [3.8, 4) is 5.13 Å². The Morgan fingerprint density at radius 3 is 2.67 bits per heavy atom. The molecule has 2 aromatic heterocycles. The monoisotopic (exact) mass is 412 g/mol. The number of aromatic nitrogens is 3. The van der Waals surface area contributed by atoms with Crippen LogP contribution >= 0.6 is 11.3 Å². The first-order valence-electron chi connectivity index (χ1n) is 9.73. The number of carbonyl (C=O) groups excluding carboxylic acids is 1. The van der Waals surface area contributed by atoms with E-state index in [-0.39, 0.29) is 5.91 Å². The van der Waals surface area contributed by atoms with Gasteiger partial charge >= 0.3 is 0 Å². The number of amides is 1. The molecule has 0 aliphatic heterocycles. The van der Waals surface area contributed by atoms with Crippen molar-refractivity contribution in [3.63, 3.8) is 0 Å². The number of carbonyl (C=O) groups is 1. The number of aryl methyl sites for hydroxylation is 3. The summed E-state index contributed by atoms with van der Waals surface area (Å²) in [6, 6.07) is 19.8. The molecule has 0 radical (unpaired) electrons. The lowest BCUT2D eigenvalue weighted by atomic mass is 10.0. The van der Waals surface area contributed by atoms with Crippen molar-refractivity contribution < 1.29 is 4.79 Å². The quantitative estimate of drug-likeness (QED) is 0.407. The third-order valence-corrected chi connectivity index (χ3v) is 6.09. The molecule has 5 nitrogen and oxygen atoms in total. The van der Waals surface area contributed by atoms with Crippen LogP contribution in [0, 0.1) is 20.8 Å². The van der Waals surface area contributed by atoms with Crippen LogP contribution in [-0.2, 0) is 0 Å². The molecule has 3 aromatic carbocycles. The molecule has 5 rings (SSSR count). The number of benzene rings is 3. The van der Waals surface area contributed by atoms with E-state index < -0.39 is 0 Å². The molecule has 0 atom stereocenters. The molecule has 1 amide bonds. The predicted octanol–water partition coefficient (Wildman–Crippen LogP) is 5.81. The average Bonchev–Trinajstić information content (AvgIpc) is 3.30. The van der Waals surface area contributed by atoms with Crippen molar-refractivity contribution >= 4 is 44.1 Å². The van der Waals surface area contributed by atoms with Gasteiger partial charge in [0, 0.05) is 11.6 Å². The molecule has 6 heteroatoms. The lowest BCUT2D eigenvalue weighted by Crippen LogP contribution is -2.15. The standard InChI is InChI=1S/C24H20N4OS/c1-14-11-15(2)22-20(12-14)30-24(26-22)28-21(13-16(3)27-28)25-23(29)19-10-6-8-17-7-4-5-9-18(17)19/h4-13H,1-3H3,(H,25,29). The molecule has 0 fully saturated rings. The first-order chi connectivity index (χ1) is 14.5. The average molecular weight is 413 g/mol. The highest BCUT2D eigenvalue weighted by molar-refractivity contribution is 7.20. The highest BCUT2D eigenvalue weighted by Gasteiger charge is 2.17. The van der Waals surface area contributed by atoms with Crippen LogP contribution in [0.2, 0.25) is 0 Å². The van der Waals surface area contributed by atoms with Gasteiger partial charge in [-0.1, -0.05) is 53.8 Å². The Kier molecular flexibility index (Phi) is 4.37. The zero-order chi connectivity index (χ0) is 20.8. The minimum absolute atomic E-state index is 0.166. The zero-order valence-electron chi connectivity index (χ0n) is 16.9. The number of rotatable bonds is 3. The molecular formula is C24H20N4OS. The molecule has 2 heterocycles. The van der Waals surface area contributed by atoms with Crippen LogP contribution in [0.1, 0.15) is 27.2 Å². The number of anilines is 1. The SMILES string of the molecule is Cc1cc(C)c2nc(-n3nc(C)cc3NC(=O)c3cccc4ccccc34)sc2c1. The molecule has 0 saturated heterocycles. The van der Waals surface area contributed by atoms with Crippen LogP contribution in [0.25, 0.3) is 26.1 Å². The molecule has 0 aliphatic rings. The Labute approximate surface area is 178 Å². The lowest BCUT2D eigenvalue weighted by molar-refractivity contribution is 0.102. The summed E-state index contributed by atoms with van der Waals surface area (Å²) in [5.41, 5.74) is 4.76. The Balaban J connectivity index is 1.56. The van der Waals surface area contributed by atoms with Gasteiger partial charge in [-0.05, 0) is 54.8 Å². The number of hydrogen-bond acceptors (Lipinski definition) is 4. The van der Waals surface area contributed by atoms with E-state index in [1.165, 1.54) is 5.56 Å². The third-order valence-electron chi connectivity index (χ3n) is 5.11. The number of thiazole rings is 1. The Bertz CT molecular complexity index is 1420. The number of hydrogen-bond donors (Lipinski definition) is 1. The normalized spacial score (nSPS) is 11.3. The van der Waals surface area contributed by atoms with Gasteiger partial charge in [-0.2, -0.15) is 9.78 Å². The van der Waals surface area contributed by atoms with Crippen molar-refractivity contribution in [1.82, 2.24) is 14.8 Å². The van der Waals surface area contributed by atoms with Gasteiger partial charge in [0.25, 0.3) is 5.91 Å². The number of nitrogens with one attached hydrogen (secondary N) is 1. The van der Waals surface area contributed by atoms with Crippen molar-refractivity contribution in [2.24, 2.45) is 0 Å². The van der Waals surface area contributed by atoms with Gasteiger partial charge in [0.15, 0.2) is 0 Å². The van der Waals surface area contributed by atoms with Crippen molar-refractivity contribution in [1.29, 1.82) is 0 Å². The number of nitrogens with zero attached hydrogens (tertiary/aromatic N) is 3. The molecule has 0 bridgehead atoms. The first kappa shape index (κ1) is 18.5. The molecule has 5 aromatic rings. The van der Waals surface area contributed by atoms with Crippen molar-refractivity contribution in [2.75, 3.05) is 5.32 Å². The highest BCUT2D eigenvalue weighted by Crippen LogP contribution is 2.30. The van der Waals surface area contributed by atoms with Gasteiger partial charge in [0.1, 0.15) is 5.82 Å². The molecule has 1 N–H and O–H groups in total. The van der Waals surface area contributed by atoms with Crippen LogP contribution in [0.15, 0.2) is 60.7 Å². The molecular weight excluding hydrogens is 392 g/mol. The molecule has 0 spiro atoms. The van der Waals surface area contributed by atoms with E-state index in [1.54, 1.807) is 16.0 Å². The summed E-state index contributed by atoms with van der Waals surface area (Å²) < 4.78 is 2.83. The zero-order valence-corrected chi connectivity index (χ0v) is 17.7. The van der Waals surface area contributed by atoms with E-state index in [9.17, 15) is 4.79 Å². The largest absolute Gasteiger partial charge is 0.306 e. The van der Waals surface area contributed by atoms with Crippen molar-refractivity contribution in [2.45, 2.75) is 20.8 Å². The first-order valence-corrected chi connectivity index (χ1v) is 10.6. The maximum absolute atomic E-state index is 13.1. The van der Waals surface area contributed by atoms with Gasteiger partial charge in [0.05, 0.1) is 15.9 Å². The second-order valence-electron chi connectivity index (χ2n) is 7.49. The van der Waals surface area contributed by atoms with Gasteiger partial charge < -0.3 is 5.32 Å². The fourth-order valence-electron chi connectivity index (χ4n) is 3.79. The predicted molar refractivity (Wildman–Crippen MR) is 123 cm³/mol. The van der Waals surface area contributed by atoms with Crippen LogP contribution in [0.3, 0.4) is 0 Å². The van der Waals surface area contributed by atoms with E-state index in [4.69, 9.17) is 4.98 Å². The van der Waals surface area contributed by atoms with Crippen LogP contribution < -0.4 is 5.32 Å². The Morgan fingerprint density at radius 1 is 1.00 bits per heavy atom. The van der Waals surface area contributed by atoms with E-state index >= 15 is 0 Å². The molecule has 0 saturated carbocycles. The third kappa shape index (κ3) is 3.15. The highest BCUT2D eigenvalue weighted by atomic mass is 32.1. The Hall–Kier alpha value is -3.51. The minimum Gasteiger partial charge on any atom is -0.306 e. The van der Waals surface area contributed by atoms with Gasteiger partial charge in [-0.15, -0.1) is 0 Å². The van der Waals surface area contributed by atoms with E-state index in [0.717, 1.165) is 37.4 Å². The summed E-state index contributed by atoms with van der Waals surface area (Å²) in [5.74, 6) is 0.444. The van der Waals surface area contributed by atoms with Gasteiger partial charge in [-0.25, -0.2) is 4.98 Å². The second kappa shape index (κ2) is 7.07. The molecule has 30 heavy (non-hydrogen) atoms. The smallest absolute Gasteiger partial charge is 0.257 e. The van der Waals surface area contributed by atoms with Gasteiger partial charge in [0.2, 0.25) is 5.13 Å².